The van der Waals surface area contributed by atoms with E-state index in [9.17, 15) is 14.9 Å². The molecule has 114 valence electrons. The van der Waals surface area contributed by atoms with Crippen LogP contribution in [0, 0.1) is 10.1 Å². The highest BCUT2D eigenvalue weighted by Gasteiger charge is 2.14. The number of allylic oxidation sites excluding steroid dienone is 1. The quantitative estimate of drug-likeness (QED) is 0.363. The lowest BCUT2D eigenvalue weighted by atomic mass is 9.86. The first-order valence-corrected chi connectivity index (χ1v) is 6.84. The molecule has 0 radical (unpaired) electrons. The maximum atomic E-state index is 12.1. The van der Waals surface area contributed by atoms with Gasteiger partial charge in [0.15, 0.2) is 5.78 Å². The van der Waals surface area contributed by atoms with Crippen molar-refractivity contribution in [3.63, 3.8) is 0 Å². The normalized spacial score (nSPS) is 11.8. The van der Waals surface area contributed by atoms with Crippen molar-refractivity contribution in [2.24, 2.45) is 0 Å². The predicted octanol–water partition coefficient (Wildman–Crippen LogP) is 4.38. The van der Waals surface area contributed by atoms with E-state index in [2.05, 4.69) is 20.8 Å². The maximum Gasteiger partial charge on any atom is 0.433 e. The zero-order valence-corrected chi connectivity index (χ0v) is 12.7. The first-order valence-electron chi connectivity index (χ1n) is 6.84. The molecule has 1 aromatic heterocycles. The van der Waals surface area contributed by atoms with Gasteiger partial charge in [-0.15, -0.1) is 0 Å². The van der Waals surface area contributed by atoms with E-state index in [4.69, 9.17) is 4.42 Å². The minimum atomic E-state index is -0.621. The zero-order valence-electron chi connectivity index (χ0n) is 12.7. The monoisotopic (exact) mass is 299 g/mol. The van der Waals surface area contributed by atoms with Gasteiger partial charge in [-0.25, -0.2) is 0 Å². The SMILES string of the molecule is CC(C)(C)c1ccc(C(=O)/C=C/c2ccc([N+](=O)[O-])o2)cc1. The molecule has 0 spiro atoms. The summed E-state index contributed by atoms with van der Waals surface area (Å²) >= 11 is 0. The van der Waals surface area contributed by atoms with Crippen LogP contribution in [-0.4, -0.2) is 10.7 Å². The Kier molecular flexibility index (Phi) is 4.26. The second kappa shape index (κ2) is 5.97. The van der Waals surface area contributed by atoms with Gasteiger partial charge in [-0.2, -0.15) is 0 Å². The molecule has 1 heterocycles. The summed E-state index contributed by atoms with van der Waals surface area (Å²) in [6, 6.07) is 10.1. The van der Waals surface area contributed by atoms with Crippen molar-refractivity contribution in [2.45, 2.75) is 26.2 Å². The molecule has 0 saturated heterocycles. The van der Waals surface area contributed by atoms with Crippen LogP contribution < -0.4 is 0 Å². The average molecular weight is 299 g/mol. The van der Waals surface area contributed by atoms with Gasteiger partial charge in [-0.1, -0.05) is 45.0 Å². The number of benzene rings is 1. The lowest BCUT2D eigenvalue weighted by molar-refractivity contribution is -0.402. The summed E-state index contributed by atoms with van der Waals surface area (Å²) in [7, 11) is 0. The van der Waals surface area contributed by atoms with Crippen molar-refractivity contribution in [1.29, 1.82) is 0 Å². The smallest absolute Gasteiger partial charge is 0.401 e. The van der Waals surface area contributed by atoms with Crippen LogP contribution in [0.1, 0.15) is 42.5 Å². The van der Waals surface area contributed by atoms with Crippen molar-refractivity contribution in [3.8, 4) is 0 Å². The molecule has 1 aromatic carbocycles. The summed E-state index contributed by atoms with van der Waals surface area (Å²) in [6.07, 6.45) is 2.77. The summed E-state index contributed by atoms with van der Waals surface area (Å²) in [6.45, 7) is 6.31. The van der Waals surface area contributed by atoms with Gasteiger partial charge in [-0.05, 0) is 29.2 Å². The summed E-state index contributed by atoms with van der Waals surface area (Å²) in [5.41, 5.74) is 1.74. The Bertz CT molecular complexity index is 718. The van der Waals surface area contributed by atoms with Gasteiger partial charge >= 0.3 is 5.88 Å². The molecule has 2 aromatic rings. The Labute approximate surface area is 128 Å². The number of hydrogen-bond acceptors (Lipinski definition) is 4. The van der Waals surface area contributed by atoms with Crippen LogP contribution >= 0.6 is 0 Å². The molecule has 0 bridgehead atoms. The lowest BCUT2D eigenvalue weighted by Gasteiger charge is -2.18. The largest absolute Gasteiger partial charge is 0.433 e. The van der Waals surface area contributed by atoms with Crippen molar-refractivity contribution in [1.82, 2.24) is 0 Å². The van der Waals surface area contributed by atoms with Crippen LogP contribution in [0.25, 0.3) is 6.08 Å². The molecule has 0 unspecified atom stereocenters. The van der Waals surface area contributed by atoms with Gasteiger partial charge in [0.1, 0.15) is 10.7 Å². The van der Waals surface area contributed by atoms with Crippen LogP contribution in [-0.2, 0) is 5.41 Å². The van der Waals surface area contributed by atoms with Crippen LogP contribution in [0.3, 0.4) is 0 Å². The molecule has 5 heteroatoms. The third-order valence-electron chi connectivity index (χ3n) is 3.23. The first kappa shape index (κ1) is 15.7. The molecule has 2 rings (SSSR count). The van der Waals surface area contributed by atoms with E-state index in [-0.39, 0.29) is 22.8 Å². The third-order valence-corrected chi connectivity index (χ3v) is 3.23. The Morgan fingerprint density at radius 3 is 2.27 bits per heavy atom. The number of nitrogens with zero attached hydrogens (tertiary/aromatic N) is 1. The minimum absolute atomic E-state index is 0.0323. The van der Waals surface area contributed by atoms with Crippen molar-refractivity contribution in [3.05, 3.63) is 69.5 Å². The molecule has 0 N–H and O–H groups in total. The number of hydrogen-bond donors (Lipinski definition) is 0. The fourth-order valence-electron chi connectivity index (χ4n) is 1.92. The third kappa shape index (κ3) is 3.69. The molecule has 0 amide bonds. The number of carbonyl (C=O) groups excluding carboxylic acids is 1. The Morgan fingerprint density at radius 2 is 1.77 bits per heavy atom. The fourth-order valence-corrected chi connectivity index (χ4v) is 1.92. The minimum Gasteiger partial charge on any atom is -0.401 e. The van der Waals surface area contributed by atoms with Crippen LogP contribution in [0.2, 0.25) is 0 Å². The van der Waals surface area contributed by atoms with E-state index in [0.29, 0.717) is 5.56 Å². The van der Waals surface area contributed by atoms with E-state index >= 15 is 0 Å². The van der Waals surface area contributed by atoms with Gasteiger partial charge in [0, 0.05) is 5.56 Å². The summed E-state index contributed by atoms with van der Waals surface area (Å²) in [5.74, 6) is -0.257. The lowest BCUT2D eigenvalue weighted by Crippen LogP contribution is -2.11. The van der Waals surface area contributed by atoms with E-state index in [1.807, 2.05) is 12.1 Å². The molecule has 0 atom stereocenters. The van der Waals surface area contributed by atoms with Crippen molar-refractivity contribution in [2.75, 3.05) is 0 Å². The molecular weight excluding hydrogens is 282 g/mol. The van der Waals surface area contributed by atoms with Crippen LogP contribution in [0.15, 0.2) is 46.9 Å². The van der Waals surface area contributed by atoms with Gasteiger partial charge in [0.25, 0.3) is 0 Å². The number of rotatable bonds is 4. The number of ketones is 1. The van der Waals surface area contributed by atoms with E-state index in [1.54, 1.807) is 12.1 Å². The number of carbonyl (C=O) groups is 1. The molecule has 5 nitrogen and oxygen atoms in total. The molecule has 0 aliphatic rings. The summed E-state index contributed by atoms with van der Waals surface area (Å²) < 4.78 is 4.96. The van der Waals surface area contributed by atoms with Crippen LogP contribution in [0.4, 0.5) is 5.88 Å². The predicted molar refractivity (Wildman–Crippen MR) is 83.9 cm³/mol. The Balaban J connectivity index is 2.11. The average Bonchev–Trinajstić information content (AvgIpc) is 2.93. The zero-order chi connectivity index (χ0) is 16.3. The van der Waals surface area contributed by atoms with E-state index < -0.39 is 4.92 Å². The molecule has 0 fully saturated rings. The first-order chi connectivity index (χ1) is 10.3. The highest BCUT2D eigenvalue weighted by molar-refractivity contribution is 6.06. The Morgan fingerprint density at radius 1 is 1.14 bits per heavy atom. The molecular formula is C17H17NO4. The molecule has 0 saturated carbocycles. The van der Waals surface area contributed by atoms with Gasteiger partial charge in [-0.3, -0.25) is 14.9 Å². The second-order valence-corrected chi connectivity index (χ2v) is 5.96. The van der Waals surface area contributed by atoms with Crippen molar-refractivity contribution >= 4 is 17.7 Å². The van der Waals surface area contributed by atoms with E-state index in [0.717, 1.165) is 5.56 Å². The molecule has 0 aliphatic carbocycles. The summed E-state index contributed by atoms with van der Waals surface area (Å²) in [5, 5.41) is 10.5. The fraction of sp³-hybridized carbons (Fsp3) is 0.235. The topological polar surface area (TPSA) is 73.3 Å². The van der Waals surface area contributed by atoms with Crippen molar-refractivity contribution < 1.29 is 14.1 Å². The summed E-state index contributed by atoms with van der Waals surface area (Å²) in [4.78, 5) is 21.9. The standard InChI is InChI=1S/C17H17NO4/c1-17(2,3)13-6-4-12(5-7-13)15(19)10-8-14-9-11-16(22-14)18(20)21/h4-11H,1-3H3/b10-8+. The van der Waals surface area contributed by atoms with Gasteiger partial charge in [0.05, 0.1) is 6.07 Å². The Hall–Kier alpha value is -2.69. The molecule has 22 heavy (non-hydrogen) atoms. The highest BCUT2D eigenvalue weighted by Crippen LogP contribution is 2.22. The number of furan rings is 1. The maximum absolute atomic E-state index is 12.1. The highest BCUT2D eigenvalue weighted by atomic mass is 16.6. The van der Waals surface area contributed by atoms with Gasteiger partial charge in [0.2, 0.25) is 0 Å². The van der Waals surface area contributed by atoms with Gasteiger partial charge < -0.3 is 4.42 Å². The second-order valence-electron chi connectivity index (χ2n) is 5.96. The molecule has 0 aliphatic heterocycles. The number of nitro groups is 1. The van der Waals surface area contributed by atoms with Crippen LogP contribution in [0.5, 0.6) is 0 Å². The van der Waals surface area contributed by atoms with E-state index in [1.165, 1.54) is 24.3 Å².